The van der Waals surface area contributed by atoms with Crippen LogP contribution in [0.1, 0.15) is 47.4 Å². The Morgan fingerprint density at radius 1 is 1.16 bits per heavy atom. The Morgan fingerprint density at radius 3 is 2.47 bits per heavy atom. The number of aromatic nitrogens is 3. The summed E-state index contributed by atoms with van der Waals surface area (Å²) in [7, 11) is 2.86. The molecule has 236 valence electrons. The van der Waals surface area contributed by atoms with E-state index >= 15 is 0 Å². The van der Waals surface area contributed by atoms with Crippen molar-refractivity contribution in [2.45, 2.75) is 43.0 Å². The molecule has 0 saturated heterocycles. The van der Waals surface area contributed by atoms with Crippen LogP contribution in [0.25, 0.3) is 22.2 Å². The van der Waals surface area contributed by atoms with Crippen molar-refractivity contribution in [3.8, 4) is 28.5 Å². The van der Waals surface area contributed by atoms with Gasteiger partial charge in [-0.05, 0) is 62.2 Å². The highest BCUT2D eigenvalue weighted by Gasteiger charge is 2.57. The van der Waals surface area contributed by atoms with E-state index in [1.807, 2.05) is 0 Å². The van der Waals surface area contributed by atoms with Crippen LogP contribution in [-0.2, 0) is 15.8 Å². The number of carbonyl (C=O) groups excluding carboxylic acids is 2. The van der Waals surface area contributed by atoms with Gasteiger partial charge in [-0.2, -0.15) is 18.3 Å². The number of ether oxygens (including phenoxy) is 3. The minimum absolute atomic E-state index is 0.00904. The molecule has 2 aromatic carbocycles. The van der Waals surface area contributed by atoms with Gasteiger partial charge in [-0.25, -0.2) is 4.98 Å². The van der Waals surface area contributed by atoms with E-state index in [0.717, 1.165) is 18.9 Å². The number of halogens is 3. The van der Waals surface area contributed by atoms with Crippen molar-refractivity contribution in [1.82, 2.24) is 20.1 Å². The number of amides is 2. The van der Waals surface area contributed by atoms with Gasteiger partial charge in [0.05, 0.1) is 32.5 Å². The van der Waals surface area contributed by atoms with Gasteiger partial charge in [0.2, 0.25) is 11.5 Å². The van der Waals surface area contributed by atoms with E-state index in [1.54, 1.807) is 35.1 Å². The second-order valence-electron chi connectivity index (χ2n) is 11.4. The molecule has 2 aromatic heterocycles. The number of nitrogens with one attached hydrogen (secondary N) is 1. The number of primary amides is 1. The molecule has 1 aliphatic carbocycles. The number of rotatable bonds is 9. The summed E-state index contributed by atoms with van der Waals surface area (Å²) in [5, 5.41) is 18.6. The lowest BCUT2D eigenvalue weighted by Crippen LogP contribution is -2.51. The van der Waals surface area contributed by atoms with Crippen molar-refractivity contribution in [3.05, 3.63) is 65.5 Å². The third kappa shape index (κ3) is 5.08. The second kappa shape index (κ2) is 10.6. The average molecular weight is 626 g/mol. The summed E-state index contributed by atoms with van der Waals surface area (Å²) < 4.78 is 62.4. The number of carbonyl (C=O) groups is 2. The minimum Gasteiger partial charge on any atom is -0.497 e. The molecular formula is C31H30F3N5O6. The van der Waals surface area contributed by atoms with Gasteiger partial charge >= 0.3 is 6.18 Å². The maximum absolute atomic E-state index is 14.8. The van der Waals surface area contributed by atoms with Gasteiger partial charge in [0.1, 0.15) is 40.5 Å². The number of hydrogen-bond acceptors (Lipinski definition) is 8. The number of hydrogen-bond donors (Lipinski definition) is 3. The number of pyridine rings is 1. The van der Waals surface area contributed by atoms with Crippen molar-refractivity contribution < 1.29 is 42.1 Å². The smallest absolute Gasteiger partial charge is 0.424 e. The van der Waals surface area contributed by atoms with Gasteiger partial charge < -0.3 is 30.4 Å². The summed E-state index contributed by atoms with van der Waals surface area (Å²) in [6, 6.07) is 10.3. The Labute approximate surface area is 255 Å². The highest BCUT2D eigenvalue weighted by molar-refractivity contribution is 6.00. The van der Waals surface area contributed by atoms with Crippen LogP contribution in [0.5, 0.6) is 17.2 Å². The standard InChI is InChI=1S/C31H30F3N5O6/c1-29(28(35)41)15-45-26-21(29)12-23(37-25(26)16-4-8-20(43-2)9-5-16)30(42,31(32,33)34)14-36-27(40)17-10-18-13-39(19-6-7-19)38-24(18)22(11-17)44-3/h4-5,8-13,19,42H,6-7,14-15H2,1-3H3,(H2,35,41)(H,36,40)/t29-,30-/m0/s1. The van der Waals surface area contributed by atoms with Gasteiger partial charge in [0, 0.05) is 28.3 Å². The van der Waals surface area contributed by atoms with Crippen LogP contribution in [-0.4, -0.2) is 65.2 Å². The lowest BCUT2D eigenvalue weighted by atomic mass is 9.81. The third-order valence-electron chi connectivity index (χ3n) is 8.37. The first-order valence-corrected chi connectivity index (χ1v) is 14.1. The van der Waals surface area contributed by atoms with E-state index in [2.05, 4.69) is 15.4 Å². The Morgan fingerprint density at radius 2 is 1.87 bits per heavy atom. The molecule has 3 heterocycles. The second-order valence-corrected chi connectivity index (χ2v) is 11.4. The fourth-order valence-corrected chi connectivity index (χ4v) is 5.32. The summed E-state index contributed by atoms with van der Waals surface area (Å²) in [5.41, 5.74) is 0.454. The summed E-state index contributed by atoms with van der Waals surface area (Å²) in [5.74, 6) is -0.904. The lowest BCUT2D eigenvalue weighted by Gasteiger charge is -2.31. The predicted molar refractivity (Wildman–Crippen MR) is 155 cm³/mol. The molecule has 0 bridgehead atoms. The first kappa shape index (κ1) is 30.2. The van der Waals surface area contributed by atoms with Crippen LogP contribution in [0.3, 0.4) is 0 Å². The van der Waals surface area contributed by atoms with Gasteiger partial charge in [0.15, 0.2) is 0 Å². The number of methoxy groups -OCH3 is 2. The Kier molecular flexibility index (Phi) is 7.14. The molecule has 1 aliphatic heterocycles. The normalized spacial score (nSPS) is 19.0. The molecular weight excluding hydrogens is 595 g/mol. The van der Waals surface area contributed by atoms with E-state index in [4.69, 9.17) is 19.9 Å². The fraction of sp³-hybridized carbons (Fsp3) is 0.355. The van der Waals surface area contributed by atoms with E-state index in [-0.39, 0.29) is 41.0 Å². The van der Waals surface area contributed by atoms with Crippen molar-refractivity contribution >= 4 is 22.7 Å². The third-order valence-corrected chi connectivity index (χ3v) is 8.37. The molecule has 2 aliphatic rings. The molecule has 6 rings (SSSR count). The minimum atomic E-state index is -5.31. The highest BCUT2D eigenvalue weighted by Crippen LogP contribution is 2.48. The van der Waals surface area contributed by atoms with Crippen LogP contribution in [0.15, 0.2) is 48.7 Å². The first-order chi connectivity index (χ1) is 21.3. The molecule has 0 radical (unpaired) electrons. The van der Waals surface area contributed by atoms with Gasteiger partial charge in [-0.15, -0.1) is 0 Å². The average Bonchev–Trinajstić information content (AvgIpc) is 3.69. The zero-order valence-corrected chi connectivity index (χ0v) is 24.6. The van der Waals surface area contributed by atoms with Crippen LogP contribution < -0.4 is 25.3 Å². The summed E-state index contributed by atoms with van der Waals surface area (Å²) in [4.78, 5) is 29.9. The molecule has 11 nitrogen and oxygen atoms in total. The van der Waals surface area contributed by atoms with Crippen molar-refractivity contribution in [2.24, 2.45) is 5.73 Å². The van der Waals surface area contributed by atoms with Crippen molar-refractivity contribution in [2.75, 3.05) is 27.4 Å². The van der Waals surface area contributed by atoms with Crippen LogP contribution in [0, 0.1) is 0 Å². The zero-order valence-electron chi connectivity index (χ0n) is 24.6. The summed E-state index contributed by atoms with van der Waals surface area (Å²) in [6.45, 7) is -0.0974. The molecule has 4 N–H and O–H groups in total. The summed E-state index contributed by atoms with van der Waals surface area (Å²) >= 11 is 0. The van der Waals surface area contributed by atoms with Crippen molar-refractivity contribution in [3.63, 3.8) is 0 Å². The molecule has 0 unspecified atom stereocenters. The number of benzene rings is 2. The van der Waals surface area contributed by atoms with Gasteiger partial charge in [-0.1, -0.05) is 0 Å². The molecule has 1 fully saturated rings. The SMILES string of the molecule is COc1ccc(-c2nc([C@@](O)(CNC(=O)c3cc(OC)c4nn(C5CC5)cc4c3)C(F)(F)F)cc3c2OC[C@]3(C)C(N)=O)cc1. The number of alkyl halides is 3. The van der Waals surface area contributed by atoms with Gasteiger partial charge in [0.25, 0.3) is 5.91 Å². The maximum Gasteiger partial charge on any atom is 0.424 e. The number of nitrogens with zero attached hydrogens (tertiary/aromatic N) is 3. The first-order valence-electron chi connectivity index (χ1n) is 14.1. The number of aliphatic hydroxyl groups is 1. The largest absolute Gasteiger partial charge is 0.497 e. The molecule has 2 amide bonds. The van der Waals surface area contributed by atoms with Gasteiger partial charge in [-0.3, -0.25) is 14.3 Å². The van der Waals surface area contributed by atoms with E-state index in [1.165, 1.54) is 33.3 Å². The predicted octanol–water partition coefficient (Wildman–Crippen LogP) is 3.77. The highest BCUT2D eigenvalue weighted by atomic mass is 19.4. The Bertz CT molecular complexity index is 1820. The molecule has 14 heteroatoms. The Hall–Kier alpha value is -4.85. The molecule has 2 atom stereocenters. The zero-order chi connectivity index (χ0) is 32.3. The van der Waals surface area contributed by atoms with E-state index < -0.39 is 41.2 Å². The maximum atomic E-state index is 14.8. The molecule has 1 saturated carbocycles. The monoisotopic (exact) mass is 625 g/mol. The molecule has 45 heavy (non-hydrogen) atoms. The Balaban J connectivity index is 1.40. The summed E-state index contributed by atoms with van der Waals surface area (Å²) in [6.07, 6.45) is -1.61. The number of nitrogens with two attached hydrogens (primary N) is 1. The van der Waals surface area contributed by atoms with E-state index in [0.29, 0.717) is 22.2 Å². The van der Waals surface area contributed by atoms with Crippen LogP contribution >= 0.6 is 0 Å². The van der Waals surface area contributed by atoms with E-state index in [9.17, 15) is 27.9 Å². The number of fused-ring (bicyclic) bond motifs is 2. The van der Waals surface area contributed by atoms with Crippen molar-refractivity contribution in [1.29, 1.82) is 0 Å². The lowest BCUT2D eigenvalue weighted by molar-refractivity contribution is -0.265. The fourth-order valence-electron chi connectivity index (χ4n) is 5.32. The molecule has 4 aromatic rings. The van der Waals surface area contributed by atoms with Crippen LogP contribution in [0.2, 0.25) is 0 Å². The van der Waals surface area contributed by atoms with Crippen LogP contribution in [0.4, 0.5) is 13.2 Å². The quantitative estimate of drug-likeness (QED) is 0.255. The molecule has 0 spiro atoms. The topological polar surface area (TPSA) is 151 Å².